The molecule has 3 rings (SSSR count). The molecule has 3 nitrogen and oxygen atoms in total. The number of hydrogen-bond donors (Lipinski definition) is 2. The molecule has 0 saturated carbocycles. The highest BCUT2D eigenvalue weighted by Gasteiger charge is 2.03. The van der Waals surface area contributed by atoms with Crippen LogP contribution in [0.4, 0.5) is 0 Å². The second-order valence-electron chi connectivity index (χ2n) is 4.37. The first-order valence-corrected chi connectivity index (χ1v) is 6.03. The molecule has 0 aliphatic heterocycles. The Morgan fingerprint density at radius 1 is 1.17 bits per heavy atom. The number of pyridine rings is 1. The molecule has 0 fully saturated rings. The average Bonchev–Trinajstić information content (AvgIpc) is 2.81. The molecule has 2 aromatic heterocycles. The predicted molar refractivity (Wildman–Crippen MR) is 74.3 cm³/mol. The summed E-state index contributed by atoms with van der Waals surface area (Å²) in [5.74, 6) is 0. The van der Waals surface area contributed by atoms with Crippen LogP contribution >= 0.6 is 0 Å². The van der Waals surface area contributed by atoms with Crippen LogP contribution in [0.1, 0.15) is 5.69 Å². The van der Waals surface area contributed by atoms with Gasteiger partial charge in [-0.3, -0.25) is 4.98 Å². The molecule has 0 radical (unpaired) electrons. The van der Waals surface area contributed by atoms with E-state index in [0.29, 0.717) is 0 Å². The minimum absolute atomic E-state index is 0.858. The normalized spacial score (nSPS) is 10.9. The number of rotatable bonds is 3. The van der Waals surface area contributed by atoms with Crippen LogP contribution in [0.5, 0.6) is 0 Å². The molecule has 0 atom stereocenters. The number of H-pyrrole nitrogens is 1. The number of benzene rings is 1. The lowest BCUT2D eigenvalue weighted by Gasteiger charge is -2.00. The zero-order chi connectivity index (χ0) is 12.4. The molecule has 90 valence electrons. The molecular weight excluding hydrogens is 222 g/mol. The van der Waals surface area contributed by atoms with Crippen LogP contribution in [-0.4, -0.2) is 17.0 Å². The van der Waals surface area contributed by atoms with E-state index in [2.05, 4.69) is 45.6 Å². The van der Waals surface area contributed by atoms with Crippen molar-refractivity contribution < 1.29 is 0 Å². The number of fused-ring (bicyclic) bond motifs is 1. The minimum Gasteiger partial charge on any atom is -0.357 e. The van der Waals surface area contributed by atoms with Crippen LogP contribution in [-0.2, 0) is 6.54 Å². The van der Waals surface area contributed by atoms with Crippen LogP contribution in [0.15, 0.2) is 48.8 Å². The Kier molecular flexibility index (Phi) is 2.82. The first-order chi connectivity index (χ1) is 8.86. The topological polar surface area (TPSA) is 40.7 Å². The maximum Gasteiger partial charge on any atom is 0.0456 e. The number of nitrogens with zero attached hydrogens (tertiary/aromatic N) is 1. The molecule has 0 aliphatic carbocycles. The van der Waals surface area contributed by atoms with Crippen LogP contribution in [0.2, 0.25) is 0 Å². The lowest BCUT2D eigenvalue weighted by atomic mass is 10.1. The van der Waals surface area contributed by atoms with E-state index in [9.17, 15) is 0 Å². The smallest absolute Gasteiger partial charge is 0.0456 e. The molecule has 18 heavy (non-hydrogen) atoms. The van der Waals surface area contributed by atoms with Crippen molar-refractivity contribution in [1.29, 1.82) is 0 Å². The Morgan fingerprint density at radius 2 is 2.11 bits per heavy atom. The van der Waals surface area contributed by atoms with Gasteiger partial charge in [-0.25, -0.2) is 0 Å². The van der Waals surface area contributed by atoms with Crippen LogP contribution in [0.25, 0.3) is 22.0 Å². The van der Waals surface area contributed by atoms with E-state index in [0.717, 1.165) is 12.1 Å². The molecule has 0 bridgehead atoms. The molecule has 3 aromatic rings. The maximum absolute atomic E-state index is 4.16. The van der Waals surface area contributed by atoms with Crippen molar-refractivity contribution in [3.05, 3.63) is 54.5 Å². The van der Waals surface area contributed by atoms with Crippen molar-refractivity contribution in [2.75, 3.05) is 7.05 Å². The SMILES string of the molecule is CNCc1cc2cc(-c3cccnc3)ccc2[nH]1. The standard InChI is InChI=1S/C15H15N3/c1-16-10-14-8-13-7-11(4-5-15(13)18-14)12-3-2-6-17-9-12/h2-9,16,18H,10H2,1H3. The maximum atomic E-state index is 4.16. The molecule has 0 amide bonds. The molecule has 0 unspecified atom stereocenters. The Morgan fingerprint density at radius 3 is 2.89 bits per heavy atom. The third-order valence-electron chi connectivity index (χ3n) is 3.04. The van der Waals surface area contributed by atoms with Gasteiger partial charge >= 0.3 is 0 Å². The fraction of sp³-hybridized carbons (Fsp3) is 0.133. The van der Waals surface area contributed by atoms with Gasteiger partial charge < -0.3 is 10.3 Å². The van der Waals surface area contributed by atoms with E-state index in [1.807, 2.05) is 19.3 Å². The van der Waals surface area contributed by atoms with Gasteiger partial charge in [-0.1, -0.05) is 12.1 Å². The molecule has 0 saturated heterocycles. The van der Waals surface area contributed by atoms with E-state index in [-0.39, 0.29) is 0 Å². The Labute approximate surface area is 106 Å². The van der Waals surface area contributed by atoms with Crippen molar-refractivity contribution in [3.8, 4) is 11.1 Å². The summed E-state index contributed by atoms with van der Waals surface area (Å²) in [5.41, 5.74) is 4.73. The van der Waals surface area contributed by atoms with Gasteiger partial charge in [0.25, 0.3) is 0 Å². The van der Waals surface area contributed by atoms with Gasteiger partial charge in [-0.05, 0) is 36.9 Å². The zero-order valence-electron chi connectivity index (χ0n) is 10.3. The number of hydrogen-bond acceptors (Lipinski definition) is 2. The third-order valence-corrected chi connectivity index (χ3v) is 3.04. The van der Waals surface area contributed by atoms with E-state index < -0.39 is 0 Å². The lowest BCUT2D eigenvalue weighted by Crippen LogP contribution is -2.04. The second-order valence-corrected chi connectivity index (χ2v) is 4.37. The van der Waals surface area contributed by atoms with Gasteiger partial charge in [-0.15, -0.1) is 0 Å². The predicted octanol–water partition coefficient (Wildman–Crippen LogP) is 2.95. The summed E-state index contributed by atoms with van der Waals surface area (Å²) in [6.07, 6.45) is 3.69. The van der Waals surface area contributed by atoms with Gasteiger partial charge in [-0.2, -0.15) is 0 Å². The summed E-state index contributed by atoms with van der Waals surface area (Å²) < 4.78 is 0. The third kappa shape index (κ3) is 2.00. The van der Waals surface area contributed by atoms with Crippen LogP contribution < -0.4 is 5.32 Å². The first kappa shape index (κ1) is 11.0. The number of aromatic amines is 1. The van der Waals surface area contributed by atoms with Crippen molar-refractivity contribution in [3.63, 3.8) is 0 Å². The second kappa shape index (κ2) is 4.63. The quantitative estimate of drug-likeness (QED) is 0.735. The van der Waals surface area contributed by atoms with E-state index in [1.54, 1.807) is 6.20 Å². The monoisotopic (exact) mass is 237 g/mol. The molecule has 0 spiro atoms. The zero-order valence-corrected chi connectivity index (χ0v) is 10.3. The highest BCUT2D eigenvalue weighted by molar-refractivity contribution is 5.85. The van der Waals surface area contributed by atoms with Gasteiger partial charge in [0.1, 0.15) is 0 Å². The minimum atomic E-state index is 0.858. The Bertz CT molecular complexity index is 656. The van der Waals surface area contributed by atoms with Gasteiger partial charge in [0.2, 0.25) is 0 Å². The summed E-state index contributed by atoms with van der Waals surface area (Å²) in [5, 5.41) is 4.39. The lowest BCUT2D eigenvalue weighted by molar-refractivity contribution is 0.800. The van der Waals surface area contributed by atoms with Gasteiger partial charge in [0.15, 0.2) is 0 Å². The van der Waals surface area contributed by atoms with Crippen molar-refractivity contribution in [2.24, 2.45) is 0 Å². The largest absolute Gasteiger partial charge is 0.357 e. The van der Waals surface area contributed by atoms with Crippen molar-refractivity contribution in [2.45, 2.75) is 6.54 Å². The fourth-order valence-corrected chi connectivity index (χ4v) is 2.19. The summed E-state index contributed by atoms with van der Waals surface area (Å²) in [6.45, 7) is 0.858. The Balaban J connectivity index is 2.05. The van der Waals surface area contributed by atoms with Crippen molar-refractivity contribution in [1.82, 2.24) is 15.3 Å². The summed E-state index contributed by atoms with van der Waals surface area (Å²) in [4.78, 5) is 7.55. The highest BCUT2D eigenvalue weighted by Crippen LogP contribution is 2.24. The fourth-order valence-electron chi connectivity index (χ4n) is 2.19. The van der Waals surface area contributed by atoms with Crippen molar-refractivity contribution >= 4 is 10.9 Å². The Hall–Kier alpha value is -2.13. The molecule has 2 heterocycles. The molecule has 0 aliphatic rings. The molecular formula is C15H15N3. The average molecular weight is 237 g/mol. The van der Waals surface area contributed by atoms with E-state index >= 15 is 0 Å². The van der Waals surface area contributed by atoms with Gasteiger partial charge in [0, 0.05) is 41.1 Å². The number of aromatic nitrogens is 2. The molecule has 1 aromatic carbocycles. The van der Waals surface area contributed by atoms with Gasteiger partial charge in [0.05, 0.1) is 0 Å². The highest BCUT2D eigenvalue weighted by atomic mass is 14.9. The van der Waals surface area contributed by atoms with E-state index in [1.165, 1.54) is 22.2 Å². The summed E-state index contributed by atoms with van der Waals surface area (Å²) >= 11 is 0. The summed E-state index contributed by atoms with van der Waals surface area (Å²) in [7, 11) is 1.95. The van der Waals surface area contributed by atoms with E-state index in [4.69, 9.17) is 0 Å². The van der Waals surface area contributed by atoms with Crippen LogP contribution in [0, 0.1) is 0 Å². The van der Waals surface area contributed by atoms with Crippen LogP contribution in [0.3, 0.4) is 0 Å². The number of nitrogens with one attached hydrogen (secondary N) is 2. The first-order valence-electron chi connectivity index (χ1n) is 6.03. The molecule has 3 heteroatoms. The molecule has 2 N–H and O–H groups in total. The summed E-state index contributed by atoms with van der Waals surface area (Å²) in [6, 6.07) is 12.7.